The summed E-state index contributed by atoms with van der Waals surface area (Å²) in [7, 11) is 1.82. The zero-order valence-corrected chi connectivity index (χ0v) is 17.7. The largest absolute Gasteiger partial charge is 0.325 e. The van der Waals surface area contributed by atoms with E-state index in [2.05, 4.69) is 23.6 Å². The fourth-order valence-electron chi connectivity index (χ4n) is 3.56. The Morgan fingerprint density at radius 1 is 1.21 bits per heavy atom. The number of anilines is 2. The molecule has 0 unspecified atom stereocenters. The lowest BCUT2D eigenvalue weighted by atomic mass is 10.1. The molecule has 0 spiro atoms. The number of fused-ring (bicyclic) bond motifs is 1. The van der Waals surface area contributed by atoms with Gasteiger partial charge in [-0.2, -0.15) is 5.26 Å². The van der Waals surface area contributed by atoms with Crippen LogP contribution in [-0.4, -0.2) is 36.9 Å². The average molecular weight is 411 g/mol. The van der Waals surface area contributed by atoms with Gasteiger partial charge in [-0.15, -0.1) is 11.3 Å². The molecule has 0 bridgehead atoms. The van der Waals surface area contributed by atoms with Crippen LogP contribution < -0.4 is 10.6 Å². The summed E-state index contributed by atoms with van der Waals surface area (Å²) in [5, 5.41) is 15.9. The zero-order valence-electron chi connectivity index (χ0n) is 16.9. The molecule has 6 nitrogen and oxygen atoms in total. The lowest BCUT2D eigenvalue weighted by Crippen LogP contribution is -2.32. The number of carbonyl (C=O) groups excluding carboxylic acids is 2. The molecule has 1 aromatic carbocycles. The van der Waals surface area contributed by atoms with Crippen LogP contribution in [0.1, 0.15) is 41.3 Å². The number of benzene rings is 1. The van der Waals surface area contributed by atoms with E-state index in [4.69, 9.17) is 0 Å². The van der Waals surface area contributed by atoms with Crippen LogP contribution >= 0.6 is 11.3 Å². The second kappa shape index (κ2) is 9.68. The van der Waals surface area contributed by atoms with Crippen LogP contribution in [0.2, 0.25) is 0 Å². The number of para-hydroxylation sites is 1. The molecule has 1 heterocycles. The van der Waals surface area contributed by atoms with E-state index in [-0.39, 0.29) is 24.8 Å². The maximum atomic E-state index is 12.3. The molecule has 0 aliphatic heterocycles. The van der Waals surface area contributed by atoms with Crippen LogP contribution in [0.15, 0.2) is 24.3 Å². The van der Waals surface area contributed by atoms with Gasteiger partial charge >= 0.3 is 0 Å². The smallest absolute Gasteiger partial charge is 0.238 e. The van der Waals surface area contributed by atoms with Crippen molar-refractivity contribution in [2.45, 2.75) is 39.0 Å². The summed E-state index contributed by atoms with van der Waals surface area (Å²) in [6.07, 6.45) is 4.11. The first-order valence-corrected chi connectivity index (χ1v) is 10.7. The van der Waals surface area contributed by atoms with Crippen molar-refractivity contribution in [1.82, 2.24) is 4.90 Å². The Bertz CT molecular complexity index is 945. The maximum absolute atomic E-state index is 12.3. The van der Waals surface area contributed by atoms with Crippen LogP contribution in [0.4, 0.5) is 10.7 Å². The van der Waals surface area contributed by atoms with Crippen molar-refractivity contribution in [3.63, 3.8) is 0 Å². The van der Waals surface area contributed by atoms with Crippen LogP contribution in [0.3, 0.4) is 0 Å². The molecule has 29 heavy (non-hydrogen) atoms. The predicted molar refractivity (Wildman–Crippen MR) is 116 cm³/mol. The Morgan fingerprint density at radius 3 is 2.76 bits per heavy atom. The predicted octanol–water partition coefficient (Wildman–Crippen LogP) is 3.57. The summed E-state index contributed by atoms with van der Waals surface area (Å²) in [6.45, 7) is 2.72. The van der Waals surface area contributed by atoms with Crippen LogP contribution in [0.25, 0.3) is 0 Å². The van der Waals surface area contributed by atoms with Gasteiger partial charge in [0.2, 0.25) is 11.8 Å². The molecule has 1 aliphatic carbocycles. The van der Waals surface area contributed by atoms with E-state index >= 15 is 0 Å². The number of nitrogens with one attached hydrogen (secondary N) is 2. The molecule has 2 amide bonds. The van der Waals surface area contributed by atoms with Crippen molar-refractivity contribution in [3.05, 3.63) is 45.8 Å². The molecule has 152 valence electrons. The van der Waals surface area contributed by atoms with Gasteiger partial charge in [-0.05, 0) is 49.9 Å². The molecule has 7 heteroatoms. The summed E-state index contributed by atoms with van der Waals surface area (Å²) in [5.74, 6) is -0.236. The number of carbonyl (C=O) groups is 2. The minimum atomic E-state index is -0.134. The average Bonchev–Trinajstić information content (AvgIpc) is 3.27. The summed E-state index contributed by atoms with van der Waals surface area (Å²) in [4.78, 5) is 27.7. The van der Waals surface area contributed by atoms with E-state index in [9.17, 15) is 14.9 Å². The molecule has 0 fully saturated rings. The lowest BCUT2D eigenvalue weighted by Gasteiger charge is -2.17. The molecule has 0 radical (unpaired) electrons. The van der Waals surface area contributed by atoms with Crippen molar-refractivity contribution in [3.8, 4) is 6.07 Å². The van der Waals surface area contributed by atoms with E-state index in [1.807, 2.05) is 36.2 Å². The summed E-state index contributed by atoms with van der Waals surface area (Å²) in [5.41, 5.74) is 3.66. The van der Waals surface area contributed by atoms with Gasteiger partial charge < -0.3 is 10.6 Å². The number of hydrogen-bond acceptors (Lipinski definition) is 5. The number of likely N-dealkylation sites (N-methyl/N-ethyl adjacent to an activating group) is 1. The number of nitrogens with zero attached hydrogens (tertiary/aromatic N) is 2. The molecule has 1 aromatic heterocycles. The fraction of sp³-hybridized carbons (Fsp3) is 0.409. The van der Waals surface area contributed by atoms with E-state index in [0.29, 0.717) is 17.1 Å². The fourth-order valence-corrected chi connectivity index (χ4v) is 4.81. The van der Waals surface area contributed by atoms with Crippen LogP contribution in [0, 0.1) is 11.3 Å². The standard InChI is InChI=1S/C22H26N4O2S/c1-3-15-7-4-5-9-18(15)24-21(28)14-26(2)12-11-20(27)25-22-17(13-23)16-8-6-10-19(16)29-22/h4-5,7,9H,3,6,8,10-12,14H2,1-2H3,(H,24,28)(H,25,27). The third-order valence-corrected chi connectivity index (χ3v) is 6.30. The molecule has 1 aliphatic rings. The number of nitriles is 1. The maximum Gasteiger partial charge on any atom is 0.238 e. The topological polar surface area (TPSA) is 85.2 Å². The Kier molecular flexibility index (Phi) is 7.02. The van der Waals surface area contributed by atoms with Gasteiger partial charge in [-0.3, -0.25) is 14.5 Å². The van der Waals surface area contributed by atoms with Gasteiger partial charge in [0.1, 0.15) is 11.1 Å². The Balaban J connectivity index is 1.47. The monoisotopic (exact) mass is 410 g/mol. The molecular weight excluding hydrogens is 384 g/mol. The first-order chi connectivity index (χ1) is 14.0. The van der Waals surface area contributed by atoms with Crippen molar-refractivity contribution < 1.29 is 9.59 Å². The second-order valence-electron chi connectivity index (χ2n) is 7.27. The highest BCUT2D eigenvalue weighted by Crippen LogP contribution is 2.38. The zero-order chi connectivity index (χ0) is 20.8. The first kappa shape index (κ1) is 21.0. The second-order valence-corrected chi connectivity index (χ2v) is 8.37. The van der Waals surface area contributed by atoms with Gasteiger partial charge in [0.05, 0.1) is 12.1 Å². The van der Waals surface area contributed by atoms with Crippen LogP contribution in [0.5, 0.6) is 0 Å². The minimum Gasteiger partial charge on any atom is -0.325 e. The van der Waals surface area contributed by atoms with Gasteiger partial charge in [0.25, 0.3) is 0 Å². The highest BCUT2D eigenvalue weighted by molar-refractivity contribution is 7.16. The van der Waals surface area contributed by atoms with Gasteiger partial charge in [0, 0.05) is 23.5 Å². The summed E-state index contributed by atoms with van der Waals surface area (Å²) >= 11 is 1.52. The number of rotatable bonds is 8. The number of hydrogen-bond donors (Lipinski definition) is 2. The molecule has 0 saturated carbocycles. The summed E-state index contributed by atoms with van der Waals surface area (Å²) < 4.78 is 0. The molecule has 0 atom stereocenters. The first-order valence-electron chi connectivity index (χ1n) is 9.92. The number of thiophene rings is 1. The van der Waals surface area contributed by atoms with Crippen molar-refractivity contribution in [2.75, 3.05) is 30.8 Å². The third-order valence-electron chi connectivity index (χ3n) is 5.09. The number of amides is 2. The highest BCUT2D eigenvalue weighted by Gasteiger charge is 2.23. The quantitative estimate of drug-likeness (QED) is 0.697. The van der Waals surface area contributed by atoms with Gasteiger partial charge in [-0.25, -0.2) is 0 Å². The summed E-state index contributed by atoms with van der Waals surface area (Å²) in [6, 6.07) is 9.99. The van der Waals surface area contributed by atoms with E-state index in [0.717, 1.165) is 42.5 Å². The molecule has 2 aromatic rings. The lowest BCUT2D eigenvalue weighted by molar-refractivity contribution is -0.119. The Morgan fingerprint density at radius 2 is 2.00 bits per heavy atom. The Labute approximate surface area is 175 Å². The SMILES string of the molecule is CCc1ccccc1NC(=O)CN(C)CCC(=O)Nc1sc2c(c1C#N)CCC2. The molecule has 2 N–H and O–H groups in total. The van der Waals surface area contributed by atoms with E-state index in [1.165, 1.54) is 16.2 Å². The van der Waals surface area contributed by atoms with Crippen LogP contribution in [-0.2, 0) is 28.9 Å². The van der Waals surface area contributed by atoms with E-state index in [1.54, 1.807) is 0 Å². The van der Waals surface area contributed by atoms with Gasteiger partial charge in [0.15, 0.2) is 0 Å². The highest BCUT2D eigenvalue weighted by atomic mass is 32.1. The molecular formula is C22H26N4O2S. The Hall–Kier alpha value is -2.69. The molecule has 3 rings (SSSR count). The normalized spacial score (nSPS) is 12.5. The third kappa shape index (κ3) is 5.22. The molecule has 0 saturated heterocycles. The van der Waals surface area contributed by atoms with Gasteiger partial charge in [-0.1, -0.05) is 25.1 Å². The number of aryl methyl sites for hydroxylation is 2. The van der Waals surface area contributed by atoms with Crippen molar-refractivity contribution in [1.29, 1.82) is 5.26 Å². The van der Waals surface area contributed by atoms with E-state index < -0.39 is 0 Å². The minimum absolute atomic E-state index is 0.102. The van der Waals surface area contributed by atoms with Crippen molar-refractivity contribution in [2.24, 2.45) is 0 Å². The van der Waals surface area contributed by atoms with Crippen molar-refractivity contribution >= 4 is 33.8 Å².